The van der Waals surface area contributed by atoms with Gasteiger partial charge in [-0.3, -0.25) is 9.93 Å². The standard InChI is InChI=1S/C10H16N2O2S2/c1-7(2)6-8(10(11)13)16(12,14)9-4-3-5-15-9/h3-5,7H,6H2,1-2H3,(H2,11,13)(H2,12,14). The molecular formula is C10H16N2O2S2. The monoisotopic (exact) mass is 260 g/mol. The Morgan fingerprint density at radius 1 is 1.56 bits per heavy atom. The number of amides is 1. The largest absolute Gasteiger partial charge is 0.365 e. The van der Waals surface area contributed by atoms with Crippen LogP contribution in [0.2, 0.25) is 0 Å². The number of carbonyl (C=O) groups excluding carboxylic acids is 1. The van der Waals surface area contributed by atoms with Crippen molar-refractivity contribution in [3.63, 3.8) is 0 Å². The lowest BCUT2D eigenvalue weighted by Gasteiger charge is -2.11. The number of thiophene rings is 1. The summed E-state index contributed by atoms with van der Waals surface area (Å²) in [6.07, 6.45) is 0.364. The van der Waals surface area contributed by atoms with Crippen LogP contribution in [0.3, 0.4) is 0 Å². The van der Waals surface area contributed by atoms with Gasteiger partial charge in [-0.2, -0.15) is 0 Å². The van der Waals surface area contributed by atoms with Gasteiger partial charge in [0.2, 0.25) is 0 Å². The van der Waals surface area contributed by atoms with Gasteiger partial charge in [-0.15, -0.1) is 11.3 Å². The fourth-order valence-corrected chi connectivity index (χ4v) is 4.19. The van der Waals surface area contributed by atoms with E-state index in [0.717, 1.165) is 0 Å². The second-order valence-electron chi connectivity index (χ2n) is 3.92. The van der Waals surface area contributed by atoms with Crippen LogP contribution in [-0.4, -0.2) is 15.0 Å². The molecule has 1 atom stereocenters. The lowest BCUT2D eigenvalue weighted by Crippen LogP contribution is -2.34. The van der Waals surface area contributed by atoms with Crippen molar-refractivity contribution in [1.82, 2.24) is 0 Å². The van der Waals surface area contributed by atoms with Crippen molar-refractivity contribution in [1.29, 1.82) is 0 Å². The van der Waals surface area contributed by atoms with E-state index in [1.54, 1.807) is 17.5 Å². The molecule has 0 saturated heterocycles. The zero-order chi connectivity index (χ0) is 12.3. The highest BCUT2D eigenvalue weighted by atomic mass is 32.2. The maximum Gasteiger partial charge on any atom is 0.254 e. The van der Waals surface area contributed by atoms with E-state index >= 15 is 0 Å². The summed E-state index contributed by atoms with van der Waals surface area (Å²) in [5, 5.41) is 7.55. The molecule has 0 aromatic carbocycles. The average Bonchev–Trinajstić information content (AvgIpc) is 2.66. The van der Waals surface area contributed by atoms with E-state index < -0.39 is 15.6 Å². The summed E-state index contributed by atoms with van der Waals surface area (Å²) in [6, 6.07) is 3.41. The van der Waals surface area contributed by atoms with Gasteiger partial charge >= 0.3 is 0 Å². The molecule has 1 aromatic rings. The maximum absolute atomic E-state index is 12.4. The van der Waals surface area contributed by atoms with Gasteiger partial charge in [-0.05, 0) is 23.8 Å². The van der Waals surface area contributed by atoms with Crippen molar-refractivity contribution in [2.45, 2.75) is 24.5 Å². The molecule has 0 aliphatic carbocycles. The minimum atomic E-state index is -2.94. The fourth-order valence-electron chi connectivity index (χ4n) is 1.30. The Balaban J connectivity index is 3.35. The summed E-state index contributed by atoms with van der Waals surface area (Å²) >= 11 is 1.27. The summed E-state index contributed by atoms with van der Waals surface area (Å²) in [6.45, 7) is 3.85. The van der Waals surface area contributed by atoms with Gasteiger partial charge in [0.1, 0.15) is 0 Å². The Kier molecular flexibility index (Phi) is 4.12. The molecule has 90 valence electrons. The van der Waals surface area contributed by atoms with Gasteiger partial charge in [-0.25, -0.2) is 4.21 Å². The summed E-state index contributed by atoms with van der Waals surface area (Å²) in [4.78, 5) is 11.4. The third kappa shape index (κ3) is 2.84. The van der Waals surface area contributed by atoms with E-state index in [2.05, 4.69) is 0 Å². The molecule has 16 heavy (non-hydrogen) atoms. The lowest BCUT2D eigenvalue weighted by molar-refractivity contribution is -0.111. The van der Waals surface area contributed by atoms with E-state index in [4.69, 9.17) is 10.9 Å². The predicted octanol–water partition coefficient (Wildman–Crippen LogP) is 0.969. The van der Waals surface area contributed by atoms with E-state index in [-0.39, 0.29) is 10.8 Å². The maximum atomic E-state index is 12.4. The molecule has 0 radical (unpaired) electrons. The molecule has 0 aliphatic rings. The van der Waals surface area contributed by atoms with Gasteiger partial charge in [0.05, 0.1) is 18.8 Å². The molecular weight excluding hydrogens is 244 g/mol. The highest BCUT2D eigenvalue weighted by molar-refractivity contribution is 8.03. The molecule has 1 rings (SSSR count). The van der Waals surface area contributed by atoms with Crippen LogP contribution >= 0.6 is 11.3 Å². The highest BCUT2D eigenvalue weighted by Gasteiger charge is 2.20. The Morgan fingerprint density at radius 2 is 2.19 bits per heavy atom. The van der Waals surface area contributed by atoms with Crippen LogP contribution in [-0.2, 0) is 14.5 Å². The molecule has 0 spiro atoms. The Hall–Kier alpha value is -0.850. The highest BCUT2D eigenvalue weighted by Crippen LogP contribution is 2.17. The summed E-state index contributed by atoms with van der Waals surface area (Å²) in [5.74, 6) is -0.485. The second kappa shape index (κ2) is 4.99. The molecule has 0 fully saturated rings. The van der Waals surface area contributed by atoms with Crippen molar-refractivity contribution >= 4 is 31.8 Å². The molecule has 1 unspecified atom stereocenters. The van der Waals surface area contributed by atoms with Gasteiger partial charge in [0.25, 0.3) is 5.91 Å². The SMILES string of the molecule is CC(C)CC(C(N)=O)=S(N)(=O)c1cccs1. The van der Waals surface area contributed by atoms with E-state index in [1.807, 2.05) is 13.8 Å². The zero-order valence-corrected chi connectivity index (χ0v) is 10.9. The zero-order valence-electron chi connectivity index (χ0n) is 9.30. The van der Waals surface area contributed by atoms with Gasteiger partial charge in [0, 0.05) is 0 Å². The normalized spacial score (nSPS) is 14.8. The van der Waals surface area contributed by atoms with Crippen LogP contribution in [0.25, 0.3) is 0 Å². The topological polar surface area (TPSA) is 86.2 Å². The fraction of sp³-hybridized carbons (Fsp3) is 0.400. The number of hydrogen-bond donors (Lipinski definition) is 2. The van der Waals surface area contributed by atoms with Crippen LogP contribution in [0.4, 0.5) is 0 Å². The average molecular weight is 260 g/mol. The number of carbonyl (C=O) groups is 1. The van der Waals surface area contributed by atoms with Crippen molar-refractivity contribution in [3.05, 3.63) is 17.5 Å². The number of rotatable bonds is 4. The molecule has 1 amide bonds. The second-order valence-corrected chi connectivity index (χ2v) is 7.26. The van der Waals surface area contributed by atoms with E-state index in [0.29, 0.717) is 10.6 Å². The van der Waals surface area contributed by atoms with E-state index in [9.17, 15) is 9.00 Å². The Bertz CT molecular complexity index is 483. The quantitative estimate of drug-likeness (QED) is 0.790. The summed E-state index contributed by atoms with van der Waals surface area (Å²) in [5.41, 5.74) is 5.25. The molecule has 4 nitrogen and oxygen atoms in total. The van der Waals surface area contributed by atoms with Crippen LogP contribution in [0.15, 0.2) is 21.7 Å². The van der Waals surface area contributed by atoms with Crippen molar-refractivity contribution in [2.24, 2.45) is 16.8 Å². The molecule has 0 bridgehead atoms. The van der Waals surface area contributed by atoms with Gasteiger partial charge < -0.3 is 5.73 Å². The molecule has 1 heterocycles. The number of nitrogens with two attached hydrogens (primary N) is 2. The summed E-state index contributed by atoms with van der Waals surface area (Å²) in [7, 11) is -2.94. The molecule has 0 aliphatic heterocycles. The molecule has 0 saturated carbocycles. The third-order valence-corrected chi connectivity index (χ3v) is 5.56. The first kappa shape index (κ1) is 13.2. The van der Waals surface area contributed by atoms with Crippen LogP contribution in [0.5, 0.6) is 0 Å². The van der Waals surface area contributed by atoms with Crippen molar-refractivity contribution in [3.8, 4) is 0 Å². The minimum absolute atomic E-state index is 0.130. The first-order valence-electron chi connectivity index (χ1n) is 4.87. The first-order chi connectivity index (χ1) is 7.35. The van der Waals surface area contributed by atoms with Crippen molar-refractivity contribution in [2.75, 3.05) is 0 Å². The number of hydrogen-bond acceptors (Lipinski definition) is 3. The lowest BCUT2D eigenvalue weighted by atomic mass is 10.1. The smallest absolute Gasteiger partial charge is 0.254 e. The third-order valence-electron chi connectivity index (χ3n) is 2.03. The molecule has 4 N–H and O–H groups in total. The Morgan fingerprint density at radius 3 is 2.56 bits per heavy atom. The number of primary amides is 1. The van der Waals surface area contributed by atoms with Gasteiger partial charge in [-0.1, -0.05) is 19.9 Å². The molecule has 6 heteroatoms. The van der Waals surface area contributed by atoms with Crippen LogP contribution in [0, 0.1) is 5.92 Å². The minimum Gasteiger partial charge on any atom is -0.365 e. The van der Waals surface area contributed by atoms with Crippen LogP contribution < -0.4 is 10.9 Å². The molecule has 1 aromatic heterocycles. The first-order valence-corrected chi connectivity index (χ1v) is 7.37. The van der Waals surface area contributed by atoms with Crippen molar-refractivity contribution < 1.29 is 9.00 Å². The van der Waals surface area contributed by atoms with Crippen LogP contribution in [0.1, 0.15) is 20.3 Å². The van der Waals surface area contributed by atoms with Gasteiger partial charge in [0.15, 0.2) is 0 Å². The van der Waals surface area contributed by atoms with E-state index in [1.165, 1.54) is 11.3 Å². The Labute approximate surface area is 99.8 Å². The summed E-state index contributed by atoms with van der Waals surface area (Å²) < 4.78 is 12.9. The predicted molar refractivity (Wildman–Crippen MR) is 68.6 cm³/mol.